The predicted octanol–water partition coefficient (Wildman–Crippen LogP) is 0.405. The van der Waals surface area contributed by atoms with Crippen molar-refractivity contribution < 1.29 is 9.59 Å². The van der Waals surface area contributed by atoms with E-state index in [0.717, 1.165) is 25.9 Å². The first-order valence-electron chi connectivity index (χ1n) is 6.79. The molecule has 1 aliphatic rings. The van der Waals surface area contributed by atoms with Crippen LogP contribution in [-0.2, 0) is 9.59 Å². The molecule has 5 heteroatoms. The number of rotatable bonds is 5. The molecule has 0 saturated carbocycles. The lowest BCUT2D eigenvalue weighted by molar-refractivity contribution is -0.129. The van der Waals surface area contributed by atoms with Crippen molar-refractivity contribution in [3.05, 3.63) is 0 Å². The fraction of sp³-hybridized carbons (Fsp3) is 0.846. The summed E-state index contributed by atoms with van der Waals surface area (Å²) in [5.41, 5.74) is 0. The number of carbonyl (C=O) groups excluding carboxylic acids is 2. The summed E-state index contributed by atoms with van der Waals surface area (Å²) < 4.78 is 0. The lowest BCUT2D eigenvalue weighted by Gasteiger charge is -2.23. The fourth-order valence-electron chi connectivity index (χ4n) is 2.12. The Kier molecular flexibility index (Phi) is 6.12. The maximum absolute atomic E-state index is 11.8. The molecule has 1 atom stereocenters. The Morgan fingerprint density at radius 3 is 2.33 bits per heavy atom. The van der Waals surface area contributed by atoms with Crippen molar-refractivity contribution in [2.45, 2.75) is 52.1 Å². The minimum absolute atomic E-state index is 0.0201. The van der Waals surface area contributed by atoms with Gasteiger partial charge in [0, 0.05) is 12.5 Å². The molecule has 1 fully saturated rings. The third kappa shape index (κ3) is 5.49. The van der Waals surface area contributed by atoms with E-state index in [4.69, 9.17) is 0 Å². The van der Waals surface area contributed by atoms with Gasteiger partial charge in [0.2, 0.25) is 11.8 Å². The molecule has 0 radical (unpaired) electrons. The van der Waals surface area contributed by atoms with E-state index in [1.165, 1.54) is 0 Å². The molecular formula is C13H25N3O2. The van der Waals surface area contributed by atoms with Crippen LogP contribution in [0.5, 0.6) is 0 Å². The maximum Gasteiger partial charge on any atom is 0.242 e. The summed E-state index contributed by atoms with van der Waals surface area (Å²) in [4.78, 5) is 23.4. The second kappa shape index (κ2) is 7.36. The largest absolute Gasteiger partial charge is 0.352 e. The van der Waals surface area contributed by atoms with Crippen molar-refractivity contribution in [3.63, 3.8) is 0 Å². The summed E-state index contributed by atoms with van der Waals surface area (Å²) in [7, 11) is 0. The van der Waals surface area contributed by atoms with E-state index in [1.54, 1.807) is 6.92 Å². The van der Waals surface area contributed by atoms with Crippen molar-refractivity contribution >= 4 is 11.8 Å². The van der Waals surface area contributed by atoms with Crippen LogP contribution in [0.4, 0.5) is 0 Å². The lowest BCUT2D eigenvalue weighted by Crippen LogP contribution is -2.47. The Morgan fingerprint density at radius 1 is 1.17 bits per heavy atom. The van der Waals surface area contributed by atoms with Gasteiger partial charge < -0.3 is 16.0 Å². The second-order valence-corrected chi connectivity index (χ2v) is 5.35. The average Bonchev–Trinajstić information content (AvgIpc) is 2.29. The fourth-order valence-corrected chi connectivity index (χ4v) is 2.12. The highest BCUT2D eigenvalue weighted by atomic mass is 16.2. The molecule has 0 bridgehead atoms. The third-order valence-corrected chi connectivity index (χ3v) is 3.13. The highest BCUT2D eigenvalue weighted by Crippen LogP contribution is 2.15. The van der Waals surface area contributed by atoms with Crippen molar-refractivity contribution in [3.8, 4) is 0 Å². The Balaban J connectivity index is 2.27. The summed E-state index contributed by atoms with van der Waals surface area (Å²) >= 11 is 0. The molecule has 1 aliphatic heterocycles. The highest BCUT2D eigenvalue weighted by Gasteiger charge is 2.20. The van der Waals surface area contributed by atoms with Crippen LogP contribution in [0.25, 0.3) is 0 Å². The molecular weight excluding hydrogens is 230 g/mol. The third-order valence-electron chi connectivity index (χ3n) is 3.13. The van der Waals surface area contributed by atoms with Gasteiger partial charge in [0.15, 0.2) is 0 Å². The molecule has 0 spiro atoms. The van der Waals surface area contributed by atoms with Crippen LogP contribution < -0.4 is 16.0 Å². The summed E-state index contributed by atoms with van der Waals surface area (Å²) in [6.45, 7) is 7.50. The maximum atomic E-state index is 11.8. The van der Waals surface area contributed by atoms with Gasteiger partial charge in [0.1, 0.15) is 6.04 Å². The van der Waals surface area contributed by atoms with Crippen molar-refractivity contribution in [2.75, 3.05) is 13.1 Å². The standard InChI is InChI=1S/C13H25N3O2/c1-9(2)15-13(18)10(3)16-12(17)8-11-4-6-14-7-5-11/h9-11,14H,4-8H2,1-3H3,(H,15,18)(H,16,17). The van der Waals surface area contributed by atoms with Crippen LogP contribution in [-0.4, -0.2) is 37.0 Å². The van der Waals surface area contributed by atoms with E-state index in [9.17, 15) is 9.59 Å². The average molecular weight is 255 g/mol. The smallest absolute Gasteiger partial charge is 0.242 e. The van der Waals surface area contributed by atoms with Crippen LogP contribution in [0, 0.1) is 5.92 Å². The quantitative estimate of drug-likeness (QED) is 0.666. The highest BCUT2D eigenvalue weighted by molar-refractivity contribution is 5.87. The second-order valence-electron chi connectivity index (χ2n) is 5.35. The lowest BCUT2D eigenvalue weighted by atomic mass is 9.94. The van der Waals surface area contributed by atoms with Crippen LogP contribution in [0.1, 0.15) is 40.0 Å². The van der Waals surface area contributed by atoms with E-state index in [0.29, 0.717) is 12.3 Å². The SMILES string of the molecule is CC(C)NC(=O)C(C)NC(=O)CC1CCNCC1. The van der Waals surface area contributed by atoms with Gasteiger partial charge in [-0.1, -0.05) is 0 Å². The molecule has 0 aromatic rings. The van der Waals surface area contributed by atoms with Crippen molar-refractivity contribution in [1.82, 2.24) is 16.0 Å². The van der Waals surface area contributed by atoms with Crippen molar-refractivity contribution in [1.29, 1.82) is 0 Å². The molecule has 1 unspecified atom stereocenters. The Hall–Kier alpha value is -1.10. The molecule has 1 heterocycles. The minimum Gasteiger partial charge on any atom is -0.352 e. The van der Waals surface area contributed by atoms with E-state index in [-0.39, 0.29) is 17.9 Å². The molecule has 0 aromatic heterocycles. The summed E-state index contributed by atoms with van der Waals surface area (Å²) in [6.07, 6.45) is 2.61. The van der Waals surface area contributed by atoms with Crippen LogP contribution in [0.15, 0.2) is 0 Å². The van der Waals surface area contributed by atoms with E-state index >= 15 is 0 Å². The molecule has 3 N–H and O–H groups in total. The molecule has 1 saturated heterocycles. The summed E-state index contributed by atoms with van der Waals surface area (Å²) in [6, 6.07) is -0.358. The number of carbonyl (C=O) groups is 2. The monoisotopic (exact) mass is 255 g/mol. The zero-order valence-corrected chi connectivity index (χ0v) is 11.6. The zero-order valence-electron chi connectivity index (χ0n) is 11.6. The minimum atomic E-state index is -0.457. The summed E-state index contributed by atoms with van der Waals surface area (Å²) in [5, 5.41) is 8.82. The first kappa shape index (κ1) is 15.0. The molecule has 18 heavy (non-hydrogen) atoms. The van der Waals surface area contributed by atoms with Crippen LogP contribution in [0.3, 0.4) is 0 Å². The van der Waals surface area contributed by atoms with Crippen LogP contribution >= 0.6 is 0 Å². The normalized spacial score (nSPS) is 18.4. The van der Waals surface area contributed by atoms with E-state index < -0.39 is 6.04 Å². The number of piperidine rings is 1. The Labute approximate surface area is 109 Å². The van der Waals surface area contributed by atoms with Gasteiger partial charge >= 0.3 is 0 Å². The summed E-state index contributed by atoms with van der Waals surface area (Å²) in [5.74, 6) is 0.309. The van der Waals surface area contributed by atoms with Gasteiger partial charge in [-0.25, -0.2) is 0 Å². The predicted molar refractivity (Wildman–Crippen MR) is 71.1 cm³/mol. The molecule has 0 aliphatic carbocycles. The molecule has 2 amide bonds. The Bertz CT molecular complexity index is 286. The van der Waals surface area contributed by atoms with Gasteiger partial charge in [-0.2, -0.15) is 0 Å². The topological polar surface area (TPSA) is 70.2 Å². The van der Waals surface area contributed by atoms with Gasteiger partial charge in [-0.15, -0.1) is 0 Å². The number of amides is 2. The van der Waals surface area contributed by atoms with E-state index in [1.807, 2.05) is 13.8 Å². The van der Waals surface area contributed by atoms with Gasteiger partial charge in [0.25, 0.3) is 0 Å². The van der Waals surface area contributed by atoms with Crippen molar-refractivity contribution in [2.24, 2.45) is 5.92 Å². The van der Waals surface area contributed by atoms with Gasteiger partial charge in [-0.05, 0) is 52.6 Å². The van der Waals surface area contributed by atoms with E-state index in [2.05, 4.69) is 16.0 Å². The molecule has 0 aromatic carbocycles. The zero-order chi connectivity index (χ0) is 13.5. The van der Waals surface area contributed by atoms with Gasteiger partial charge in [-0.3, -0.25) is 9.59 Å². The van der Waals surface area contributed by atoms with Gasteiger partial charge in [0.05, 0.1) is 0 Å². The molecule has 5 nitrogen and oxygen atoms in total. The number of nitrogens with one attached hydrogen (secondary N) is 3. The number of hydrogen-bond donors (Lipinski definition) is 3. The molecule has 1 rings (SSSR count). The first-order chi connectivity index (χ1) is 8.49. The Morgan fingerprint density at radius 2 is 1.78 bits per heavy atom. The number of hydrogen-bond acceptors (Lipinski definition) is 3. The molecule has 104 valence electrons. The van der Waals surface area contributed by atoms with Crippen LogP contribution in [0.2, 0.25) is 0 Å². The first-order valence-corrected chi connectivity index (χ1v) is 6.79.